The molecule has 2 rings (SSSR count). The van der Waals surface area contributed by atoms with Crippen LogP contribution in [-0.4, -0.2) is 58.1 Å². The van der Waals surface area contributed by atoms with Gasteiger partial charge in [0.1, 0.15) is 0 Å². The molecule has 1 atom stereocenters. The van der Waals surface area contributed by atoms with Gasteiger partial charge in [-0.3, -0.25) is 9.69 Å². The third-order valence-corrected chi connectivity index (χ3v) is 5.56. The Balaban J connectivity index is 2.09. The summed E-state index contributed by atoms with van der Waals surface area (Å²) in [6.07, 6.45) is 0.936. The summed E-state index contributed by atoms with van der Waals surface area (Å²) < 4.78 is 28.4. The number of nitrogens with one attached hydrogen (secondary N) is 1. The van der Waals surface area contributed by atoms with Crippen molar-refractivity contribution in [3.63, 3.8) is 0 Å². The first-order chi connectivity index (χ1) is 12.2. The zero-order valence-corrected chi connectivity index (χ0v) is 16.6. The lowest BCUT2D eigenvalue weighted by Crippen LogP contribution is -2.49. The number of halogens is 1. The number of morpholine rings is 1. The predicted molar refractivity (Wildman–Crippen MR) is 101 cm³/mol. The highest BCUT2D eigenvalue weighted by molar-refractivity contribution is 7.89. The van der Waals surface area contributed by atoms with E-state index in [2.05, 4.69) is 24.1 Å². The number of hydrogen-bond donors (Lipinski definition) is 2. The van der Waals surface area contributed by atoms with E-state index < -0.39 is 15.9 Å². The van der Waals surface area contributed by atoms with Gasteiger partial charge in [-0.25, -0.2) is 13.6 Å². The molecule has 0 unspecified atom stereocenters. The fourth-order valence-corrected chi connectivity index (χ4v) is 3.75. The summed E-state index contributed by atoms with van der Waals surface area (Å²) in [5.41, 5.74) is 0.100. The highest BCUT2D eigenvalue weighted by Gasteiger charge is 2.23. The third-order valence-electron chi connectivity index (χ3n) is 4.31. The van der Waals surface area contributed by atoms with E-state index in [-0.39, 0.29) is 21.5 Å². The fraction of sp³-hybridized carbons (Fsp3) is 0.588. The molecule has 3 N–H and O–H groups in total. The molecule has 0 saturated carbocycles. The quantitative estimate of drug-likeness (QED) is 0.717. The summed E-state index contributed by atoms with van der Waals surface area (Å²) in [5.74, 6) is 0.0663. The Kier molecular flexibility index (Phi) is 7.42. The number of primary sulfonamides is 1. The van der Waals surface area contributed by atoms with E-state index in [0.717, 1.165) is 19.5 Å². The molecular weight excluding hydrogens is 378 g/mol. The maximum Gasteiger partial charge on any atom is 0.252 e. The Bertz CT molecular complexity index is 734. The SMILES string of the molecule is CC(C)C[C@H](CNC(=O)c1cc(S(N)(=O)=O)ccc1Cl)N1CCOCC1. The van der Waals surface area contributed by atoms with Crippen molar-refractivity contribution in [1.82, 2.24) is 10.2 Å². The third kappa shape index (κ3) is 5.92. The first-order valence-corrected chi connectivity index (χ1v) is 10.5. The molecule has 0 aromatic heterocycles. The minimum Gasteiger partial charge on any atom is -0.379 e. The van der Waals surface area contributed by atoms with E-state index in [0.29, 0.717) is 25.7 Å². The Labute approximate surface area is 159 Å². The summed E-state index contributed by atoms with van der Waals surface area (Å²) in [7, 11) is -3.90. The summed E-state index contributed by atoms with van der Waals surface area (Å²) in [6, 6.07) is 4.04. The number of sulfonamides is 1. The summed E-state index contributed by atoms with van der Waals surface area (Å²) in [6.45, 7) is 7.76. The van der Waals surface area contributed by atoms with Crippen molar-refractivity contribution >= 4 is 27.5 Å². The molecule has 26 heavy (non-hydrogen) atoms. The topological polar surface area (TPSA) is 102 Å². The molecule has 1 aromatic rings. The van der Waals surface area contributed by atoms with Crippen LogP contribution in [0.5, 0.6) is 0 Å². The number of carbonyl (C=O) groups excluding carboxylic acids is 1. The van der Waals surface area contributed by atoms with Crippen molar-refractivity contribution in [2.75, 3.05) is 32.8 Å². The molecule has 0 radical (unpaired) electrons. The maximum atomic E-state index is 12.5. The van der Waals surface area contributed by atoms with Crippen LogP contribution in [0.3, 0.4) is 0 Å². The molecular formula is C17H26ClN3O4S. The number of ether oxygens (including phenoxy) is 1. The number of benzene rings is 1. The number of nitrogens with zero attached hydrogens (tertiary/aromatic N) is 1. The van der Waals surface area contributed by atoms with E-state index in [1.807, 2.05) is 0 Å². The number of hydrogen-bond acceptors (Lipinski definition) is 5. The Morgan fingerprint density at radius 2 is 2.00 bits per heavy atom. The molecule has 1 fully saturated rings. The van der Waals surface area contributed by atoms with Gasteiger partial charge in [-0.05, 0) is 30.5 Å². The molecule has 1 aliphatic heterocycles. The van der Waals surface area contributed by atoms with Gasteiger partial charge in [0.15, 0.2) is 0 Å². The predicted octanol–water partition coefficient (Wildman–Crippen LogP) is 1.46. The second-order valence-corrected chi connectivity index (χ2v) is 8.80. The number of amides is 1. The second-order valence-electron chi connectivity index (χ2n) is 6.83. The molecule has 0 spiro atoms. The van der Waals surface area contributed by atoms with Crippen molar-refractivity contribution in [3.05, 3.63) is 28.8 Å². The van der Waals surface area contributed by atoms with Gasteiger partial charge in [-0.1, -0.05) is 25.4 Å². The highest BCUT2D eigenvalue weighted by atomic mass is 35.5. The van der Waals surface area contributed by atoms with Crippen LogP contribution in [0.15, 0.2) is 23.1 Å². The zero-order chi connectivity index (χ0) is 19.3. The zero-order valence-electron chi connectivity index (χ0n) is 15.1. The van der Waals surface area contributed by atoms with Gasteiger partial charge < -0.3 is 10.1 Å². The number of rotatable bonds is 7. The van der Waals surface area contributed by atoms with Crippen LogP contribution in [0.4, 0.5) is 0 Å². The Hall–Kier alpha value is -1.19. The van der Waals surface area contributed by atoms with Gasteiger partial charge >= 0.3 is 0 Å². The van der Waals surface area contributed by atoms with Crippen LogP contribution in [0.2, 0.25) is 5.02 Å². The smallest absolute Gasteiger partial charge is 0.252 e. The Morgan fingerprint density at radius 1 is 1.35 bits per heavy atom. The molecule has 146 valence electrons. The highest BCUT2D eigenvalue weighted by Crippen LogP contribution is 2.20. The van der Waals surface area contributed by atoms with E-state index >= 15 is 0 Å². The number of carbonyl (C=O) groups is 1. The number of nitrogens with two attached hydrogens (primary N) is 1. The lowest BCUT2D eigenvalue weighted by atomic mass is 10.0. The lowest BCUT2D eigenvalue weighted by Gasteiger charge is -2.35. The minimum absolute atomic E-state index is 0.100. The van der Waals surface area contributed by atoms with Gasteiger partial charge in [0, 0.05) is 25.7 Å². The van der Waals surface area contributed by atoms with E-state index in [4.69, 9.17) is 21.5 Å². The lowest BCUT2D eigenvalue weighted by molar-refractivity contribution is 0.0124. The molecule has 1 heterocycles. The minimum atomic E-state index is -3.90. The van der Waals surface area contributed by atoms with Gasteiger partial charge in [-0.15, -0.1) is 0 Å². The summed E-state index contributed by atoms with van der Waals surface area (Å²) >= 11 is 6.07. The summed E-state index contributed by atoms with van der Waals surface area (Å²) in [5, 5.41) is 8.19. The first kappa shape index (κ1) is 21.1. The molecule has 1 amide bonds. The van der Waals surface area contributed by atoms with Gasteiger partial charge in [0.25, 0.3) is 5.91 Å². The van der Waals surface area contributed by atoms with Crippen LogP contribution < -0.4 is 10.5 Å². The molecule has 0 aliphatic carbocycles. The van der Waals surface area contributed by atoms with Crippen LogP contribution in [0.1, 0.15) is 30.6 Å². The average molecular weight is 404 g/mol. The monoisotopic (exact) mass is 403 g/mol. The van der Waals surface area contributed by atoms with Crippen molar-refractivity contribution in [2.45, 2.75) is 31.2 Å². The van der Waals surface area contributed by atoms with E-state index in [1.165, 1.54) is 18.2 Å². The molecule has 1 saturated heterocycles. The average Bonchev–Trinajstić information content (AvgIpc) is 2.58. The molecule has 1 aliphatic rings. The van der Waals surface area contributed by atoms with Crippen LogP contribution in [0.25, 0.3) is 0 Å². The van der Waals surface area contributed by atoms with E-state index in [1.54, 1.807) is 0 Å². The van der Waals surface area contributed by atoms with Crippen LogP contribution in [0, 0.1) is 5.92 Å². The molecule has 9 heteroatoms. The normalized spacial score (nSPS) is 17.3. The maximum absolute atomic E-state index is 12.5. The van der Waals surface area contributed by atoms with Crippen molar-refractivity contribution in [1.29, 1.82) is 0 Å². The molecule has 1 aromatic carbocycles. The van der Waals surface area contributed by atoms with Crippen molar-refractivity contribution in [3.8, 4) is 0 Å². The van der Waals surface area contributed by atoms with Gasteiger partial charge in [-0.2, -0.15) is 0 Å². The van der Waals surface area contributed by atoms with Gasteiger partial charge in [0.2, 0.25) is 10.0 Å². The fourth-order valence-electron chi connectivity index (χ4n) is 3.01. The van der Waals surface area contributed by atoms with Crippen LogP contribution >= 0.6 is 11.6 Å². The molecule has 0 bridgehead atoms. The first-order valence-electron chi connectivity index (χ1n) is 8.61. The van der Waals surface area contributed by atoms with Gasteiger partial charge in [0.05, 0.1) is 28.7 Å². The Morgan fingerprint density at radius 3 is 2.58 bits per heavy atom. The van der Waals surface area contributed by atoms with Crippen LogP contribution in [-0.2, 0) is 14.8 Å². The standard InChI is InChI=1S/C17H26ClN3O4S/c1-12(2)9-13(21-5-7-25-8-6-21)11-20-17(22)15-10-14(26(19,23)24)3-4-16(15)18/h3-4,10,12-13H,5-9,11H2,1-2H3,(H,20,22)(H2,19,23,24)/t13-/m1/s1. The van der Waals surface area contributed by atoms with Crippen molar-refractivity contribution < 1.29 is 17.9 Å². The largest absolute Gasteiger partial charge is 0.379 e. The van der Waals surface area contributed by atoms with E-state index in [9.17, 15) is 13.2 Å². The summed E-state index contributed by atoms with van der Waals surface area (Å²) in [4.78, 5) is 14.7. The second kappa shape index (κ2) is 9.14. The van der Waals surface area contributed by atoms with Crippen molar-refractivity contribution in [2.24, 2.45) is 11.1 Å². The molecule has 7 nitrogen and oxygen atoms in total.